The minimum absolute atomic E-state index is 0.0972. The number of amides is 2. The number of carbonyl (C=O) groups excluding carboxylic acids is 1. The van der Waals surface area contributed by atoms with Crippen LogP contribution in [0.3, 0.4) is 0 Å². The van der Waals surface area contributed by atoms with Crippen LogP contribution in [-0.4, -0.2) is 40.3 Å². The van der Waals surface area contributed by atoms with Gasteiger partial charge in [-0.05, 0) is 11.1 Å². The first-order valence-electron chi connectivity index (χ1n) is 8.06. The number of hydrogen-bond donors (Lipinski definition) is 4. The van der Waals surface area contributed by atoms with E-state index in [1.165, 1.54) is 0 Å². The van der Waals surface area contributed by atoms with E-state index in [1.807, 2.05) is 0 Å². The van der Waals surface area contributed by atoms with Gasteiger partial charge in [0.15, 0.2) is 0 Å². The summed E-state index contributed by atoms with van der Waals surface area (Å²) in [6, 6.07) is 14.6. The first-order valence-corrected chi connectivity index (χ1v) is 8.06. The van der Waals surface area contributed by atoms with Crippen molar-refractivity contribution in [2.75, 3.05) is 0 Å². The monoisotopic (exact) mass is 356 g/mol. The highest BCUT2D eigenvalue weighted by Crippen LogP contribution is 2.05. The fraction of sp³-hybridized carbons (Fsp3) is 0.211. The molecule has 1 unspecified atom stereocenters. The van der Waals surface area contributed by atoms with E-state index in [2.05, 4.69) is 10.6 Å². The third-order valence-corrected chi connectivity index (χ3v) is 3.77. The molecule has 0 aliphatic carbocycles. The van der Waals surface area contributed by atoms with Crippen LogP contribution < -0.4 is 10.6 Å². The summed E-state index contributed by atoms with van der Waals surface area (Å²) in [5.41, 5.74) is 1.50. The zero-order valence-electron chi connectivity index (χ0n) is 14.0. The van der Waals surface area contributed by atoms with E-state index < -0.39 is 30.1 Å². The van der Waals surface area contributed by atoms with Crippen LogP contribution in [0, 0.1) is 0 Å². The summed E-state index contributed by atoms with van der Waals surface area (Å²) >= 11 is 0. The Morgan fingerprint density at radius 3 is 1.35 bits per heavy atom. The predicted molar refractivity (Wildman–Crippen MR) is 94.8 cm³/mol. The topological polar surface area (TPSA) is 116 Å². The van der Waals surface area contributed by atoms with E-state index in [-0.39, 0.29) is 12.8 Å². The lowest BCUT2D eigenvalue weighted by Crippen LogP contribution is -2.52. The summed E-state index contributed by atoms with van der Waals surface area (Å²) in [5.74, 6) is -2.39. The summed E-state index contributed by atoms with van der Waals surface area (Å²) in [5, 5.41) is 23.3. The van der Waals surface area contributed by atoms with Gasteiger partial charge in [-0.15, -0.1) is 0 Å². The number of nitrogens with one attached hydrogen (secondary N) is 2. The molecule has 0 radical (unpaired) electrons. The van der Waals surface area contributed by atoms with Gasteiger partial charge in [0.2, 0.25) is 0 Å². The molecule has 2 aromatic carbocycles. The molecule has 7 nitrogen and oxygen atoms in total. The number of carboxylic acid groups (broad SMARTS) is 2. The Morgan fingerprint density at radius 2 is 1.04 bits per heavy atom. The quantitative estimate of drug-likeness (QED) is 0.574. The van der Waals surface area contributed by atoms with E-state index >= 15 is 0 Å². The molecule has 4 N–H and O–H groups in total. The van der Waals surface area contributed by atoms with Gasteiger partial charge in [-0.2, -0.15) is 0 Å². The number of carboxylic acids is 2. The van der Waals surface area contributed by atoms with E-state index in [0.717, 1.165) is 11.1 Å². The summed E-state index contributed by atoms with van der Waals surface area (Å²) in [6.07, 6.45) is 0.194. The Kier molecular flexibility index (Phi) is 6.73. The average molecular weight is 356 g/mol. The molecular formula is C19H20N2O5. The van der Waals surface area contributed by atoms with Gasteiger partial charge in [0.25, 0.3) is 0 Å². The van der Waals surface area contributed by atoms with Crippen molar-refractivity contribution in [1.29, 1.82) is 0 Å². The van der Waals surface area contributed by atoms with E-state index in [0.29, 0.717) is 0 Å². The molecule has 2 atom stereocenters. The Morgan fingerprint density at radius 1 is 0.692 bits per heavy atom. The number of aliphatic carboxylic acids is 2. The number of urea groups is 1. The largest absolute Gasteiger partial charge is 0.480 e. The lowest BCUT2D eigenvalue weighted by Gasteiger charge is -2.19. The smallest absolute Gasteiger partial charge is 0.326 e. The van der Waals surface area contributed by atoms with Crippen molar-refractivity contribution in [2.24, 2.45) is 0 Å². The minimum atomic E-state index is -1.20. The predicted octanol–water partition coefficient (Wildman–Crippen LogP) is 1.68. The fourth-order valence-electron chi connectivity index (χ4n) is 2.46. The molecule has 26 heavy (non-hydrogen) atoms. The SMILES string of the molecule is O=C(NC(Cc1ccccc1)C(=O)O)N[C@@H](Cc1ccccc1)C(=O)O. The van der Waals surface area contributed by atoms with Gasteiger partial charge in [-0.3, -0.25) is 0 Å². The zero-order valence-corrected chi connectivity index (χ0v) is 14.0. The van der Waals surface area contributed by atoms with Gasteiger partial charge in [0.1, 0.15) is 12.1 Å². The first kappa shape index (κ1) is 19.0. The molecular weight excluding hydrogens is 336 g/mol. The molecule has 136 valence electrons. The fourth-order valence-corrected chi connectivity index (χ4v) is 2.46. The second-order valence-electron chi connectivity index (χ2n) is 5.78. The van der Waals surface area contributed by atoms with Crippen LogP contribution in [0.15, 0.2) is 60.7 Å². The molecule has 0 aromatic heterocycles. The average Bonchev–Trinajstić information content (AvgIpc) is 2.62. The van der Waals surface area contributed by atoms with Gasteiger partial charge < -0.3 is 20.8 Å². The van der Waals surface area contributed by atoms with Crippen LogP contribution >= 0.6 is 0 Å². The summed E-state index contributed by atoms with van der Waals surface area (Å²) < 4.78 is 0. The number of benzene rings is 2. The van der Waals surface area contributed by atoms with Crippen molar-refractivity contribution in [3.8, 4) is 0 Å². The second-order valence-corrected chi connectivity index (χ2v) is 5.78. The maximum Gasteiger partial charge on any atom is 0.326 e. The van der Waals surface area contributed by atoms with Crippen molar-refractivity contribution < 1.29 is 24.6 Å². The molecule has 0 saturated heterocycles. The Hall–Kier alpha value is -3.35. The highest BCUT2D eigenvalue weighted by molar-refractivity contribution is 5.86. The van der Waals surface area contributed by atoms with Crippen molar-refractivity contribution in [3.63, 3.8) is 0 Å². The Labute approximate surface area is 150 Å². The molecule has 2 rings (SSSR count). The standard InChI is InChI=1S/C19H20N2O5/c22-17(23)15(11-13-7-3-1-4-8-13)20-19(26)21-16(18(24)25)12-14-9-5-2-6-10-14/h1-10,15-16H,11-12H2,(H,22,23)(H,24,25)(H2,20,21,26)/t15-,16?/m0/s1. The number of rotatable bonds is 8. The zero-order chi connectivity index (χ0) is 18.9. The van der Waals surface area contributed by atoms with Crippen molar-refractivity contribution >= 4 is 18.0 Å². The summed E-state index contributed by atoms with van der Waals surface area (Å²) in [6.45, 7) is 0. The molecule has 2 aromatic rings. The molecule has 0 aliphatic rings. The van der Waals surface area contributed by atoms with Crippen molar-refractivity contribution in [1.82, 2.24) is 10.6 Å². The third-order valence-electron chi connectivity index (χ3n) is 3.77. The maximum absolute atomic E-state index is 12.1. The lowest BCUT2D eigenvalue weighted by molar-refractivity contribution is -0.139. The normalized spacial score (nSPS) is 12.6. The highest BCUT2D eigenvalue weighted by atomic mass is 16.4. The highest BCUT2D eigenvalue weighted by Gasteiger charge is 2.24. The Balaban J connectivity index is 1.98. The van der Waals surface area contributed by atoms with Gasteiger partial charge in [0, 0.05) is 12.8 Å². The van der Waals surface area contributed by atoms with Crippen LogP contribution in [0.4, 0.5) is 4.79 Å². The maximum atomic E-state index is 12.1. The first-order chi connectivity index (χ1) is 12.5. The second kappa shape index (κ2) is 9.22. The Bertz CT molecular complexity index is 686. The van der Waals surface area contributed by atoms with Crippen molar-refractivity contribution in [3.05, 3.63) is 71.8 Å². The lowest BCUT2D eigenvalue weighted by atomic mass is 10.1. The summed E-state index contributed by atoms with van der Waals surface area (Å²) in [4.78, 5) is 34.9. The van der Waals surface area contributed by atoms with Crippen LogP contribution in [0.25, 0.3) is 0 Å². The third kappa shape index (κ3) is 5.94. The van der Waals surface area contributed by atoms with E-state index in [1.54, 1.807) is 60.7 Å². The van der Waals surface area contributed by atoms with E-state index in [9.17, 15) is 24.6 Å². The molecule has 0 bridgehead atoms. The number of carbonyl (C=O) groups is 3. The van der Waals surface area contributed by atoms with Crippen LogP contribution in [0.2, 0.25) is 0 Å². The minimum Gasteiger partial charge on any atom is -0.480 e. The van der Waals surface area contributed by atoms with Gasteiger partial charge in [0.05, 0.1) is 0 Å². The van der Waals surface area contributed by atoms with Crippen LogP contribution in [0.5, 0.6) is 0 Å². The molecule has 2 amide bonds. The van der Waals surface area contributed by atoms with Gasteiger partial charge >= 0.3 is 18.0 Å². The molecule has 0 saturated carbocycles. The molecule has 0 aliphatic heterocycles. The van der Waals surface area contributed by atoms with Gasteiger partial charge in [-0.25, -0.2) is 14.4 Å². The van der Waals surface area contributed by atoms with E-state index in [4.69, 9.17) is 0 Å². The molecule has 0 heterocycles. The van der Waals surface area contributed by atoms with Crippen LogP contribution in [0.1, 0.15) is 11.1 Å². The number of hydrogen-bond acceptors (Lipinski definition) is 3. The molecule has 0 fully saturated rings. The van der Waals surface area contributed by atoms with Gasteiger partial charge in [-0.1, -0.05) is 60.7 Å². The molecule has 7 heteroatoms. The van der Waals surface area contributed by atoms with Crippen molar-refractivity contribution in [2.45, 2.75) is 24.9 Å². The molecule has 0 spiro atoms. The van der Waals surface area contributed by atoms with Crippen LogP contribution in [-0.2, 0) is 22.4 Å². The summed E-state index contributed by atoms with van der Waals surface area (Å²) in [7, 11) is 0.